The van der Waals surface area contributed by atoms with Gasteiger partial charge >= 0.3 is 18.1 Å². The van der Waals surface area contributed by atoms with Crippen molar-refractivity contribution < 1.29 is 32.6 Å². The lowest BCUT2D eigenvalue weighted by Gasteiger charge is -2.30. The van der Waals surface area contributed by atoms with Crippen LogP contribution in [0.3, 0.4) is 0 Å². The van der Waals surface area contributed by atoms with Crippen LogP contribution < -0.4 is 0 Å². The van der Waals surface area contributed by atoms with Crippen LogP contribution in [0, 0.1) is 0 Å². The molecule has 0 saturated heterocycles. The van der Waals surface area contributed by atoms with Gasteiger partial charge < -0.3 is 14.7 Å². The predicted octanol–water partition coefficient (Wildman–Crippen LogP) is 1.73. The second-order valence-corrected chi connectivity index (χ2v) is 5.16. The van der Waals surface area contributed by atoms with E-state index in [9.17, 15) is 27.9 Å². The molecule has 1 aliphatic rings. The van der Waals surface area contributed by atoms with E-state index in [0.717, 1.165) is 5.56 Å². The molecule has 1 unspecified atom stereocenters. The average Bonchev–Trinajstić information content (AvgIpc) is 2.51. The Morgan fingerprint density at radius 3 is 2.65 bits per heavy atom. The number of halogens is 3. The molecule has 0 spiro atoms. The number of hydrogen-bond donors (Lipinski definition) is 1. The summed E-state index contributed by atoms with van der Waals surface area (Å²) in [6.07, 6.45) is -6.14. The van der Waals surface area contributed by atoms with E-state index in [1.807, 2.05) is 0 Å². The van der Waals surface area contributed by atoms with E-state index in [4.69, 9.17) is 4.74 Å². The van der Waals surface area contributed by atoms with Gasteiger partial charge in [0.25, 0.3) is 0 Å². The third-order valence-corrected chi connectivity index (χ3v) is 3.60. The van der Waals surface area contributed by atoms with E-state index in [2.05, 4.69) is 0 Å². The fourth-order valence-corrected chi connectivity index (χ4v) is 2.46. The molecule has 1 heterocycles. The Morgan fingerprint density at radius 1 is 1.35 bits per heavy atom. The summed E-state index contributed by atoms with van der Waals surface area (Å²) in [5, 5.41) is 9.89. The van der Waals surface area contributed by atoms with Crippen molar-refractivity contribution >= 4 is 11.9 Å². The summed E-state index contributed by atoms with van der Waals surface area (Å²) in [5.74, 6) is -2.72. The van der Waals surface area contributed by atoms with E-state index < -0.39 is 24.2 Å². The van der Waals surface area contributed by atoms with Crippen LogP contribution in [0.5, 0.6) is 0 Å². The van der Waals surface area contributed by atoms with Crippen LogP contribution in [0.15, 0.2) is 18.2 Å². The number of carbonyl (C=O) groups is 2. The van der Waals surface area contributed by atoms with Crippen molar-refractivity contribution in [2.45, 2.75) is 32.2 Å². The molecule has 8 heteroatoms. The van der Waals surface area contributed by atoms with E-state index in [-0.39, 0.29) is 31.7 Å². The van der Waals surface area contributed by atoms with Crippen LogP contribution in [-0.4, -0.2) is 41.2 Å². The molecule has 5 nitrogen and oxygen atoms in total. The van der Waals surface area contributed by atoms with E-state index in [0.29, 0.717) is 10.5 Å². The van der Waals surface area contributed by atoms with Gasteiger partial charge in [0, 0.05) is 13.1 Å². The summed E-state index contributed by atoms with van der Waals surface area (Å²) in [4.78, 5) is 23.6. The number of ether oxygens (including phenoxy) is 1. The topological polar surface area (TPSA) is 66.8 Å². The number of carbonyl (C=O) groups excluding carboxylic acids is 2. The highest BCUT2D eigenvalue weighted by Crippen LogP contribution is 2.27. The van der Waals surface area contributed by atoms with Gasteiger partial charge in [0.05, 0.1) is 6.61 Å². The summed E-state index contributed by atoms with van der Waals surface area (Å²) >= 11 is 0. The maximum absolute atomic E-state index is 12.5. The predicted molar refractivity (Wildman–Crippen MR) is 73.2 cm³/mol. The number of alkyl halides is 3. The van der Waals surface area contributed by atoms with Gasteiger partial charge in [0.1, 0.15) is 0 Å². The lowest BCUT2D eigenvalue weighted by molar-refractivity contribution is -0.186. The minimum atomic E-state index is -4.92. The number of aliphatic hydroxyl groups is 1. The summed E-state index contributed by atoms with van der Waals surface area (Å²) in [5.41, 5.74) is 1.49. The molecule has 2 rings (SSSR count). The number of esters is 1. The van der Waals surface area contributed by atoms with E-state index in [1.54, 1.807) is 13.0 Å². The molecule has 23 heavy (non-hydrogen) atoms. The quantitative estimate of drug-likeness (QED) is 0.857. The first kappa shape index (κ1) is 17.3. The smallest absolute Gasteiger partial charge is 0.464 e. The third kappa shape index (κ3) is 3.82. The fourth-order valence-electron chi connectivity index (χ4n) is 2.46. The molecule has 0 saturated carbocycles. The van der Waals surface area contributed by atoms with Crippen LogP contribution in [0.1, 0.15) is 29.7 Å². The Morgan fingerprint density at radius 2 is 2.04 bits per heavy atom. The maximum Gasteiger partial charge on any atom is 0.471 e. The van der Waals surface area contributed by atoms with Crippen molar-refractivity contribution in [1.29, 1.82) is 0 Å². The second kappa shape index (κ2) is 6.57. The molecule has 1 aromatic carbocycles. The first-order valence-electron chi connectivity index (χ1n) is 7.06. The SMILES string of the molecule is CCOC(=O)C(O)c1ccc2c(c1)CN(C(=O)C(F)(F)F)CC2. The number of benzene rings is 1. The highest BCUT2D eigenvalue weighted by Gasteiger charge is 2.43. The van der Waals surface area contributed by atoms with Crippen molar-refractivity contribution in [2.75, 3.05) is 13.2 Å². The Hall–Kier alpha value is -2.09. The summed E-state index contributed by atoms with van der Waals surface area (Å²) in [7, 11) is 0. The molecule has 1 atom stereocenters. The van der Waals surface area contributed by atoms with Gasteiger partial charge in [-0.3, -0.25) is 4.79 Å². The van der Waals surface area contributed by atoms with Crippen molar-refractivity contribution in [3.8, 4) is 0 Å². The zero-order valence-corrected chi connectivity index (χ0v) is 12.4. The highest BCUT2D eigenvalue weighted by molar-refractivity contribution is 5.82. The second-order valence-electron chi connectivity index (χ2n) is 5.16. The van der Waals surface area contributed by atoms with Crippen LogP contribution in [0.4, 0.5) is 13.2 Å². The van der Waals surface area contributed by atoms with Gasteiger partial charge in [0.15, 0.2) is 6.10 Å². The van der Waals surface area contributed by atoms with Crippen LogP contribution >= 0.6 is 0 Å². The zero-order valence-electron chi connectivity index (χ0n) is 12.4. The molecule has 1 aromatic rings. The van der Waals surface area contributed by atoms with Gasteiger partial charge in [-0.2, -0.15) is 13.2 Å². The molecular formula is C15H16F3NO4. The molecule has 0 bridgehead atoms. The van der Waals surface area contributed by atoms with Crippen LogP contribution in [0.25, 0.3) is 0 Å². The van der Waals surface area contributed by atoms with Crippen molar-refractivity contribution in [3.05, 3.63) is 34.9 Å². The monoisotopic (exact) mass is 331 g/mol. The highest BCUT2D eigenvalue weighted by atomic mass is 19.4. The van der Waals surface area contributed by atoms with Crippen LogP contribution in [0.2, 0.25) is 0 Å². The van der Waals surface area contributed by atoms with Gasteiger partial charge in [0.2, 0.25) is 0 Å². The lowest BCUT2D eigenvalue weighted by Crippen LogP contribution is -2.43. The van der Waals surface area contributed by atoms with Gasteiger partial charge in [-0.15, -0.1) is 0 Å². The first-order chi connectivity index (χ1) is 10.7. The zero-order chi connectivity index (χ0) is 17.2. The largest absolute Gasteiger partial charge is 0.471 e. The standard InChI is InChI=1S/C15H16F3NO4/c1-2-23-13(21)12(20)10-4-3-9-5-6-19(8-11(9)7-10)14(22)15(16,17)18/h3-4,7,12,20H,2,5-6,8H2,1H3. The number of hydrogen-bond acceptors (Lipinski definition) is 4. The molecule has 0 radical (unpaired) electrons. The number of fused-ring (bicyclic) bond motifs is 1. The number of nitrogens with zero attached hydrogens (tertiary/aromatic N) is 1. The Labute approximate surface area is 130 Å². The minimum absolute atomic E-state index is 0.0227. The van der Waals surface area contributed by atoms with Gasteiger partial charge in [-0.1, -0.05) is 18.2 Å². The maximum atomic E-state index is 12.5. The lowest BCUT2D eigenvalue weighted by atomic mass is 9.95. The molecule has 126 valence electrons. The summed E-state index contributed by atoms with van der Waals surface area (Å²) in [6, 6.07) is 4.61. The molecule has 1 amide bonds. The molecule has 1 aliphatic heterocycles. The third-order valence-electron chi connectivity index (χ3n) is 3.60. The number of rotatable bonds is 3. The molecule has 1 N–H and O–H groups in total. The first-order valence-corrected chi connectivity index (χ1v) is 7.06. The fraction of sp³-hybridized carbons (Fsp3) is 0.467. The van der Waals surface area contributed by atoms with Crippen LogP contribution in [-0.2, 0) is 27.3 Å². The van der Waals surface area contributed by atoms with Crippen molar-refractivity contribution in [1.82, 2.24) is 4.90 Å². The Bertz CT molecular complexity index is 615. The normalized spacial score (nSPS) is 15.8. The van der Waals surface area contributed by atoms with E-state index >= 15 is 0 Å². The van der Waals surface area contributed by atoms with Crippen molar-refractivity contribution in [3.63, 3.8) is 0 Å². The number of aliphatic hydroxyl groups excluding tert-OH is 1. The molecular weight excluding hydrogens is 315 g/mol. The molecule has 0 fully saturated rings. The van der Waals surface area contributed by atoms with Gasteiger partial charge in [-0.25, -0.2) is 4.79 Å². The Kier molecular flexibility index (Phi) is 4.93. The van der Waals surface area contributed by atoms with Crippen molar-refractivity contribution in [2.24, 2.45) is 0 Å². The molecule has 0 aromatic heterocycles. The van der Waals surface area contributed by atoms with E-state index in [1.165, 1.54) is 12.1 Å². The minimum Gasteiger partial charge on any atom is -0.464 e. The summed E-state index contributed by atoms with van der Waals surface area (Å²) < 4.78 is 42.3. The average molecular weight is 331 g/mol. The Balaban J connectivity index is 2.20. The molecule has 0 aliphatic carbocycles. The summed E-state index contributed by atoms with van der Waals surface area (Å²) in [6.45, 7) is 1.47. The van der Waals surface area contributed by atoms with Gasteiger partial charge in [-0.05, 0) is 30.0 Å². The number of amides is 1.